The van der Waals surface area contributed by atoms with Gasteiger partial charge in [-0.3, -0.25) is 9.59 Å². The summed E-state index contributed by atoms with van der Waals surface area (Å²) in [7, 11) is 0. The molecule has 4 nitrogen and oxygen atoms in total. The molecular weight excluding hydrogens is 344 g/mol. The van der Waals surface area contributed by atoms with Crippen molar-refractivity contribution < 1.29 is 9.59 Å². The molecule has 6 heteroatoms. The number of amides is 1. The second kappa shape index (κ2) is 7.11. The Balaban J connectivity index is 1.59. The lowest BCUT2D eigenvalue weighted by molar-refractivity contribution is -0.116. The minimum absolute atomic E-state index is 0.0815. The topological polar surface area (TPSA) is 59.1 Å². The first kappa shape index (κ1) is 16.6. The molecule has 1 heterocycles. The van der Waals surface area contributed by atoms with Crippen molar-refractivity contribution in [1.29, 1.82) is 0 Å². The summed E-state index contributed by atoms with van der Waals surface area (Å²) in [5.41, 5.74) is 2.53. The predicted octanol–water partition coefficient (Wildman–Crippen LogP) is 4.86. The van der Waals surface area contributed by atoms with Crippen LogP contribution in [-0.2, 0) is 4.79 Å². The summed E-state index contributed by atoms with van der Waals surface area (Å²) in [5, 5.41) is 3.91. The van der Waals surface area contributed by atoms with Crippen LogP contribution in [0, 0.1) is 6.92 Å². The maximum Gasteiger partial charge on any atom is 0.226 e. The van der Waals surface area contributed by atoms with E-state index >= 15 is 0 Å². The van der Waals surface area contributed by atoms with Crippen LogP contribution in [0.15, 0.2) is 42.5 Å². The summed E-state index contributed by atoms with van der Waals surface area (Å²) in [6.07, 6.45) is 0.272. The quantitative estimate of drug-likeness (QED) is 0.662. The fourth-order valence-corrected chi connectivity index (χ4v) is 3.41. The lowest BCUT2D eigenvalue weighted by Gasteiger charge is -2.02. The first-order chi connectivity index (χ1) is 11.5. The van der Waals surface area contributed by atoms with Crippen LogP contribution < -0.4 is 5.32 Å². The lowest BCUT2D eigenvalue weighted by Crippen LogP contribution is -2.13. The summed E-state index contributed by atoms with van der Waals surface area (Å²) < 4.78 is 1.03. The number of ketones is 1. The molecule has 122 valence electrons. The number of Topliss-reactive ketones (excluding diaryl/α,β-unsaturated/α-hetero) is 1. The zero-order chi connectivity index (χ0) is 17.1. The number of carbonyl (C=O) groups is 2. The van der Waals surface area contributed by atoms with Crippen LogP contribution in [0.1, 0.15) is 28.8 Å². The minimum atomic E-state index is -0.214. The third-order valence-electron chi connectivity index (χ3n) is 3.61. The number of para-hydroxylation sites is 1. The summed E-state index contributed by atoms with van der Waals surface area (Å²) in [4.78, 5) is 28.5. The molecule has 3 aromatic rings. The third-order valence-corrected chi connectivity index (χ3v) is 4.80. The van der Waals surface area contributed by atoms with E-state index in [1.165, 1.54) is 11.3 Å². The van der Waals surface area contributed by atoms with Crippen LogP contribution in [0.4, 0.5) is 5.13 Å². The Morgan fingerprint density at radius 2 is 1.88 bits per heavy atom. The van der Waals surface area contributed by atoms with E-state index in [2.05, 4.69) is 10.3 Å². The van der Waals surface area contributed by atoms with Gasteiger partial charge >= 0.3 is 0 Å². The number of hydrogen-bond acceptors (Lipinski definition) is 4. The van der Waals surface area contributed by atoms with Crippen molar-refractivity contribution in [1.82, 2.24) is 4.98 Å². The number of hydrogen-bond donors (Lipinski definition) is 1. The molecule has 0 aliphatic heterocycles. The molecule has 0 radical (unpaired) electrons. The van der Waals surface area contributed by atoms with Crippen molar-refractivity contribution in [2.24, 2.45) is 0 Å². The maximum atomic E-state index is 12.1. The number of nitrogens with one attached hydrogen (secondary N) is 1. The van der Waals surface area contributed by atoms with Gasteiger partial charge in [0.15, 0.2) is 10.9 Å². The van der Waals surface area contributed by atoms with E-state index in [9.17, 15) is 9.59 Å². The van der Waals surface area contributed by atoms with Gasteiger partial charge in [0, 0.05) is 23.4 Å². The summed E-state index contributed by atoms with van der Waals surface area (Å²) in [6, 6.07) is 12.6. The Kier molecular flexibility index (Phi) is 4.92. The molecule has 0 spiro atoms. The Morgan fingerprint density at radius 3 is 2.58 bits per heavy atom. The van der Waals surface area contributed by atoms with E-state index in [1.807, 2.05) is 25.1 Å². The Bertz CT molecular complexity index is 903. The van der Waals surface area contributed by atoms with Gasteiger partial charge in [0.25, 0.3) is 0 Å². The summed E-state index contributed by atoms with van der Waals surface area (Å²) in [6.45, 7) is 1.98. The first-order valence-electron chi connectivity index (χ1n) is 7.48. The minimum Gasteiger partial charge on any atom is -0.302 e. The summed E-state index contributed by atoms with van der Waals surface area (Å²) >= 11 is 7.23. The molecule has 0 aliphatic carbocycles. The van der Waals surface area contributed by atoms with Crippen LogP contribution in [0.3, 0.4) is 0 Å². The van der Waals surface area contributed by atoms with Gasteiger partial charge < -0.3 is 5.32 Å². The van der Waals surface area contributed by atoms with Crippen LogP contribution >= 0.6 is 22.9 Å². The van der Waals surface area contributed by atoms with Gasteiger partial charge in [0.1, 0.15) is 0 Å². The molecular formula is C18H15ClN2O2S. The fraction of sp³-hybridized carbons (Fsp3) is 0.167. The van der Waals surface area contributed by atoms with Crippen LogP contribution in [0.5, 0.6) is 0 Å². The number of carbonyl (C=O) groups excluding carboxylic acids is 2. The predicted molar refractivity (Wildman–Crippen MR) is 98.0 cm³/mol. The number of nitrogens with zero attached hydrogens (tertiary/aromatic N) is 1. The molecule has 2 aromatic carbocycles. The van der Waals surface area contributed by atoms with Crippen molar-refractivity contribution in [3.05, 3.63) is 58.6 Å². The Labute approximate surface area is 148 Å². The average molecular weight is 359 g/mol. The van der Waals surface area contributed by atoms with E-state index < -0.39 is 0 Å². The van der Waals surface area contributed by atoms with Gasteiger partial charge in [-0.25, -0.2) is 4.98 Å². The van der Waals surface area contributed by atoms with Gasteiger partial charge in [-0.1, -0.05) is 35.1 Å². The van der Waals surface area contributed by atoms with Crippen molar-refractivity contribution in [2.75, 3.05) is 5.32 Å². The van der Waals surface area contributed by atoms with Crippen molar-refractivity contribution >= 4 is 50.0 Å². The zero-order valence-corrected chi connectivity index (χ0v) is 14.6. The van der Waals surface area contributed by atoms with E-state index in [0.29, 0.717) is 15.7 Å². The van der Waals surface area contributed by atoms with Gasteiger partial charge in [-0.05, 0) is 42.8 Å². The largest absolute Gasteiger partial charge is 0.302 e. The number of thiazole rings is 1. The Morgan fingerprint density at radius 1 is 1.12 bits per heavy atom. The Hall–Kier alpha value is -2.24. The van der Waals surface area contributed by atoms with Gasteiger partial charge in [0.05, 0.1) is 10.2 Å². The van der Waals surface area contributed by atoms with Crippen LogP contribution in [0.2, 0.25) is 5.02 Å². The number of halogens is 1. The number of fused-ring (bicyclic) bond motifs is 1. The third kappa shape index (κ3) is 3.80. The van der Waals surface area contributed by atoms with Crippen molar-refractivity contribution in [3.63, 3.8) is 0 Å². The molecule has 1 amide bonds. The second-order valence-corrected chi connectivity index (χ2v) is 6.89. The molecule has 0 aliphatic rings. The second-order valence-electron chi connectivity index (χ2n) is 5.42. The maximum absolute atomic E-state index is 12.1. The van der Waals surface area contributed by atoms with Gasteiger partial charge in [-0.15, -0.1) is 0 Å². The smallest absolute Gasteiger partial charge is 0.226 e. The highest BCUT2D eigenvalue weighted by atomic mass is 35.5. The fourth-order valence-electron chi connectivity index (χ4n) is 2.33. The van der Waals surface area contributed by atoms with E-state index in [0.717, 1.165) is 15.8 Å². The monoisotopic (exact) mass is 358 g/mol. The number of rotatable bonds is 5. The average Bonchev–Trinajstić information content (AvgIpc) is 2.97. The molecule has 1 N–H and O–H groups in total. The number of benzene rings is 2. The number of aromatic nitrogens is 1. The highest BCUT2D eigenvalue weighted by Gasteiger charge is 2.12. The van der Waals surface area contributed by atoms with Gasteiger partial charge in [0.2, 0.25) is 5.91 Å². The summed E-state index contributed by atoms with van der Waals surface area (Å²) in [5.74, 6) is -0.295. The van der Waals surface area contributed by atoms with E-state index in [1.54, 1.807) is 24.3 Å². The lowest BCUT2D eigenvalue weighted by atomic mass is 10.1. The first-order valence-corrected chi connectivity index (χ1v) is 8.67. The van der Waals surface area contributed by atoms with Crippen molar-refractivity contribution in [2.45, 2.75) is 19.8 Å². The van der Waals surface area contributed by atoms with Crippen molar-refractivity contribution in [3.8, 4) is 0 Å². The molecule has 0 bridgehead atoms. The standard InChI is InChI=1S/C18H15ClN2O2S/c1-11-3-2-4-15-17(11)21-18(24-15)20-16(23)10-9-14(22)12-5-7-13(19)8-6-12/h2-8H,9-10H2,1H3,(H,20,21,23). The zero-order valence-electron chi connectivity index (χ0n) is 13.0. The van der Waals surface area contributed by atoms with E-state index in [-0.39, 0.29) is 24.5 Å². The molecule has 0 atom stereocenters. The number of anilines is 1. The molecule has 0 saturated carbocycles. The van der Waals surface area contributed by atoms with Gasteiger partial charge in [-0.2, -0.15) is 0 Å². The molecule has 3 rings (SSSR count). The molecule has 0 fully saturated rings. The molecule has 0 unspecified atom stereocenters. The highest BCUT2D eigenvalue weighted by molar-refractivity contribution is 7.22. The molecule has 0 saturated heterocycles. The van der Waals surface area contributed by atoms with E-state index in [4.69, 9.17) is 11.6 Å². The number of aryl methyl sites for hydroxylation is 1. The van der Waals surface area contributed by atoms with Crippen LogP contribution in [-0.4, -0.2) is 16.7 Å². The SMILES string of the molecule is Cc1cccc2sc(NC(=O)CCC(=O)c3ccc(Cl)cc3)nc12. The highest BCUT2D eigenvalue weighted by Crippen LogP contribution is 2.28. The van der Waals surface area contributed by atoms with Crippen LogP contribution in [0.25, 0.3) is 10.2 Å². The normalized spacial score (nSPS) is 10.8. The molecule has 24 heavy (non-hydrogen) atoms. The molecule has 1 aromatic heterocycles.